The highest BCUT2D eigenvalue weighted by Gasteiger charge is 2.21. The lowest BCUT2D eigenvalue weighted by atomic mass is 10.2. The third-order valence-electron chi connectivity index (χ3n) is 3.23. The highest BCUT2D eigenvalue weighted by atomic mass is 32.2. The van der Waals surface area contributed by atoms with Gasteiger partial charge in [-0.25, -0.2) is 15.0 Å². The molecule has 3 heterocycles. The monoisotopic (exact) mass is 320 g/mol. The Kier molecular flexibility index (Phi) is 4.82. The first-order valence-electron chi connectivity index (χ1n) is 6.94. The van der Waals surface area contributed by atoms with Crippen molar-refractivity contribution < 1.29 is 4.79 Å². The van der Waals surface area contributed by atoms with Crippen molar-refractivity contribution in [2.24, 2.45) is 0 Å². The van der Waals surface area contributed by atoms with Crippen molar-refractivity contribution in [3.05, 3.63) is 29.5 Å². The van der Waals surface area contributed by atoms with Gasteiger partial charge in [-0.3, -0.25) is 4.79 Å². The maximum atomic E-state index is 11.9. The first-order valence-corrected chi connectivity index (χ1v) is 8.87. The summed E-state index contributed by atoms with van der Waals surface area (Å²) in [6, 6.07) is 1.79. The molecule has 2 aromatic rings. The lowest BCUT2D eigenvalue weighted by Gasteiger charge is -2.11. The molecule has 1 saturated heterocycles. The van der Waals surface area contributed by atoms with Crippen LogP contribution in [-0.2, 0) is 10.5 Å². The normalized spacial score (nSPS) is 19.0. The summed E-state index contributed by atoms with van der Waals surface area (Å²) in [7, 11) is 0. The molecule has 0 spiro atoms. The van der Waals surface area contributed by atoms with Crippen molar-refractivity contribution in [3.8, 4) is 10.8 Å². The molecule has 2 aromatic heterocycles. The SMILES string of the molecule is O=C1NCCCC[C@@H]1SCc1csc(-c2ncccn2)n1. The van der Waals surface area contributed by atoms with Gasteiger partial charge < -0.3 is 5.32 Å². The summed E-state index contributed by atoms with van der Waals surface area (Å²) in [5, 5.41) is 5.86. The Morgan fingerprint density at radius 1 is 1.33 bits per heavy atom. The molecule has 3 rings (SSSR count). The molecular formula is C14H16N4OS2. The molecule has 0 aromatic carbocycles. The molecule has 21 heavy (non-hydrogen) atoms. The molecule has 5 nitrogen and oxygen atoms in total. The first-order chi connectivity index (χ1) is 10.3. The van der Waals surface area contributed by atoms with E-state index in [2.05, 4.69) is 20.3 Å². The molecule has 1 atom stereocenters. The van der Waals surface area contributed by atoms with E-state index in [9.17, 15) is 4.79 Å². The summed E-state index contributed by atoms with van der Waals surface area (Å²) in [5.74, 6) is 1.58. The Balaban J connectivity index is 1.61. The number of amides is 1. The van der Waals surface area contributed by atoms with Crippen LogP contribution >= 0.6 is 23.1 Å². The van der Waals surface area contributed by atoms with Crippen molar-refractivity contribution in [2.45, 2.75) is 30.3 Å². The fourth-order valence-electron chi connectivity index (χ4n) is 2.14. The Morgan fingerprint density at radius 3 is 3.05 bits per heavy atom. The Bertz CT molecular complexity index is 602. The van der Waals surface area contributed by atoms with Gasteiger partial charge in [-0.2, -0.15) is 0 Å². The maximum Gasteiger partial charge on any atom is 0.233 e. The Morgan fingerprint density at radius 2 is 2.19 bits per heavy atom. The van der Waals surface area contributed by atoms with Gasteiger partial charge >= 0.3 is 0 Å². The second kappa shape index (κ2) is 7.00. The Hall–Kier alpha value is -1.47. The predicted octanol–water partition coefficient (Wildman–Crippen LogP) is 2.50. The average molecular weight is 320 g/mol. The zero-order valence-electron chi connectivity index (χ0n) is 11.5. The molecule has 0 unspecified atom stereocenters. The third kappa shape index (κ3) is 3.79. The van der Waals surface area contributed by atoms with Crippen LogP contribution in [0.3, 0.4) is 0 Å². The molecule has 0 radical (unpaired) electrons. The molecular weight excluding hydrogens is 304 g/mol. The smallest absolute Gasteiger partial charge is 0.233 e. The molecule has 1 fully saturated rings. The Labute approximate surface area is 131 Å². The van der Waals surface area contributed by atoms with Gasteiger partial charge in [0.05, 0.1) is 10.9 Å². The van der Waals surface area contributed by atoms with Crippen LogP contribution < -0.4 is 5.32 Å². The van der Waals surface area contributed by atoms with Crippen LogP contribution in [0.15, 0.2) is 23.8 Å². The van der Waals surface area contributed by atoms with E-state index in [4.69, 9.17) is 0 Å². The van der Waals surface area contributed by atoms with Crippen LogP contribution in [0.1, 0.15) is 25.0 Å². The lowest BCUT2D eigenvalue weighted by Crippen LogP contribution is -2.30. The standard InChI is InChI=1S/C14H16N4OS2/c19-13-11(4-1-2-5-17-13)20-8-10-9-21-14(18-10)12-15-6-3-7-16-12/h3,6-7,9,11H,1-2,4-5,8H2,(H,17,19)/t11-/m0/s1. The highest BCUT2D eigenvalue weighted by Crippen LogP contribution is 2.26. The van der Waals surface area contributed by atoms with Crippen LogP contribution in [0.4, 0.5) is 0 Å². The number of nitrogens with one attached hydrogen (secondary N) is 1. The average Bonchev–Trinajstić information content (AvgIpc) is 2.90. The minimum Gasteiger partial charge on any atom is -0.355 e. The minimum absolute atomic E-state index is 0.0469. The van der Waals surface area contributed by atoms with Gasteiger partial charge in [-0.15, -0.1) is 23.1 Å². The number of hydrogen-bond acceptors (Lipinski definition) is 6. The van der Waals surface area contributed by atoms with Gasteiger partial charge in [0.1, 0.15) is 0 Å². The van der Waals surface area contributed by atoms with E-state index in [0.29, 0.717) is 5.82 Å². The van der Waals surface area contributed by atoms with Crippen molar-refractivity contribution in [1.29, 1.82) is 0 Å². The summed E-state index contributed by atoms with van der Waals surface area (Å²) in [6.07, 6.45) is 6.57. The number of thioether (sulfide) groups is 1. The summed E-state index contributed by atoms with van der Waals surface area (Å²) < 4.78 is 0. The van der Waals surface area contributed by atoms with Gasteiger partial charge in [0, 0.05) is 30.1 Å². The molecule has 0 bridgehead atoms. The quantitative estimate of drug-likeness (QED) is 0.937. The zero-order chi connectivity index (χ0) is 14.5. The van der Waals surface area contributed by atoms with Gasteiger partial charge in [-0.1, -0.05) is 6.42 Å². The predicted molar refractivity (Wildman–Crippen MR) is 85.1 cm³/mol. The molecule has 1 N–H and O–H groups in total. The van der Waals surface area contributed by atoms with E-state index in [1.165, 1.54) is 0 Å². The van der Waals surface area contributed by atoms with Crippen LogP contribution in [0.25, 0.3) is 10.8 Å². The number of aromatic nitrogens is 3. The molecule has 0 saturated carbocycles. The van der Waals surface area contributed by atoms with Gasteiger partial charge in [0.15, 0.2) is 10.8 Å². The number of carbonyl (C=O) groups excluding carboxylic acids is 1. The van der Waals surface area contributed by atoms with Gasteiger partial charge in [0.2, 0.25) is 5.91 Å². The number of hydrogen-bond donors (Lipinski definition) is 1. The number of carbonyl (C=O) groups is 1. The van der Waals surface area contributed by atoms with Crippen molar-refractivity contribution >= 4 is 29.0 Å². The lowest BCUT2D eigenvalue weighted by molar-refractivity contribution is -0.120. The van der Waals surface area contributed by atoms with Crippen LogP contribution in [-0.4, -0.2) is 32.7 Å². The van der Waals surface area contributed by atoms with Gasteiger partial charge in [-0.05, 0) is 18.9 Å². The second-order valence-corrected chi connectivity index (χ2v) is 6.85. The minimum atomic E-state index is 0.0469. The molecule has 1 aliphatic heterocycles. The molecule has 7 heteroatoms. The van der Waals surface area contributed by atoms with Gasteiger partial charge in [0.25, 0.3) is 0 Å². The molecule has 110 valence electrons. The molecule has 1 aliphatic rings. The van der Waals surface area contributed by atoms with Crippen LogP contribution in [0.2, 0.25) is 0 Å². The molecule has 1 amide bonds. The van der Waals surface area contributed by atoms with Crippen molar-refractivity contribution in [1.82, 2.24) is 20.3 Å². The fraction of sp³-hybridized carbons (Fsp3) is 0.429. The summed E-state index contributed by atoms with van der Waals surface area (Å²) in [5.41, 5.74) is 0.990. The summed E-state index contributed by atoms with van der Waals surface area (Å²) in [6.45, 7) is 0.808. The number of nitrogens with zero attached hydrogens (tertiary/aromatic N) is 3. The van der Waals surface area contributed by atoms with E-state index in [0.717, 1.165) is 42.3 Å². The topological polar surface area (TPSA) is 67.8 Å². The fourth-order valence-corrected chi connectivity index (χ4v) is 4.10. The largest absolute Gasteiger partial charge is 0.355 e. The zero-order valence-corrected chi connectivity index (χ0v) is 13.1. The van der Waals surface area contributed by atoms with E-state index in [1.54, 1.807) is 41.6 Å². The van der Waals surface area contributed by atoms with Crippen LogP contribution in [0, 0.1) is 0 Å². The third-order valence-corrected chi connectivity index (χ3v) is 5.43. The summed E-state index contributed by atoms with van der Waals surface area (Å²) >= 11 is 3.22. The number of thiazole rings is 1. The number of rotatable bonds is 4. The van der Waals surface area contributed by atoms with Crippen LogP contribution in [0.5, 0.6) is 0 Å². The van der Waals surface area contributed by atoms with E-state index in [-0.39, 0.29) is 11.2 Å². The first kappa shape index (κ1) is 14.5. The van der Waals surface area contributed by atoms with E-state index in [1.807, 2.05) is 5.38 Å². The molecule has 0 aliphatic carbocycles. The van der Waals surface area contributed by atoms with E-state index < -0.39 is 0 Å². The van der Waals surface area contributed by atoms with Crippen molar-refractivity contribution in [2.75, 3.05) is 6.54 Å². The maximum absolute atomic E-state index is 11.9. The second-order valence-electron chi connectivity index (χ2n) is 4.80. The highest BCUT2D eigenvalue weighted by molar-refractivity contribution is 7.99. The summed E-state index contributed by atoms with van der Waals surface area (Å²) in [4.78, 5) is 24.9. The van der Waals surface area contributed by atoms with Crippen molar-refractivity contribution in [3.63, 3.8) is 0 Å². The van der Waals surface area contributed by atoms with E-state index >= 15 is 0 Å².